The molecule has 0 atom stereocenters. The van der Waals surface area contributed by atoms with E-state index in [-0.39, 0.29) is 24.0 Å². The normalized spacial score (nSPS) is 13.3. The molecule has 154 valence electrons. The van der Waals surface area contributed by atoms with Crippen LogP contribution in [0.25, 0.3) is 0 Å². The van der Waals surface area contributed by atoms with E-state index >= 15 is 0 Å². The van der Waals surface area contributed by atoms with E-state index in [9.17, 15) is 0 Å². The quantitative estimate of drug-likeness (QED) is 0.240. The van der Waals surface area contributed by atoms with Gasteiger partial charge in [0.05, 0.1) is 6.54 Å². The molecule has 1 heterocycles. The summed E-state index contributed by atoms with van der Waals surface area (Å²) in [6, 6.07) is 7.12. The Bertz CT molecular complexity index is 585. The van der Waals surface area contributed by atoms with Crippen molar-refractivity contribution in [1.82, 2.24) is 15.5 Å². The molecule has 1 aromatic carbocycles. The van der Waals surface area contributed by atoms with E-state index in [1.54, 1.807) is 0 Å². The summed E-state index contributed by atoms with van der Waals surface area (Å²) in [5, 5.41) is 6.74. The molecule has 1 aromatic rings. The van der Waals surface area contributed by atoms with Gasteiger partial charge in [-0.1, -0.05) is 6.07 Å². The van der Waals surface area contributed by atoms with Gasteiger partial charge in [-0.05, 0) is 58.7 Å². The molecule has 0 aromatic heterocycles. The van der Waals surface area contributed by atoms with Crippen molar-refractivity contribution in [3.8, 4) is 11.5 Å². The van der Waals surface area contributed by atoms with Gasteiger partial charge in [-0.25, -0.2) is 4.99 Å². The van der Waals surface area contributed by atoms with Crippen molar-refractivity contribution < 1.29 is 9.47 Å². The zero-order valence-electron chi connectivity index (χ0n) is 17.2. The fraction of sp³-hybridized carbons (Fsp3) is 0.650. The Balaban J connectivity index is 0.00000364. The Morgan fingerprint density at radius 1 is 1.11 bits per heavy atom. The van der Waals surface area contributed by atoms with Crippen molar-refractivity contribution in [3.63, 3.8) is 0 Å². The predicted molar refractivity (Wildman–Crippen MR) is 122 cm³/mol. The SMILES string of the molecule is CCNC(=NCc1ccc2c(c1)OCO2)NCCCN(C(C)C)C(C)C.I. The van der Waals surface area contributed by atoms with Gasteiger partial charge < -0.3 is 20.1 Å². The fourth-order valence-electron chi connectivity index (χ4n) is 3.13. The van der Waals surface area contributed by atoms with Gasteiger partial charge in [-0.2, -0.15) is 0 Å². The van der Waals surface area contributed by atoms with Crippen molar-refractivity contribution in [1.29, 1.82) is 0 Å². The van der Waals surface area contributed by atoms with Crippen LogP contribution in [-0.2, 0) is 6.54 Å². The molecule has 27 heavy (non-hydrogen) atoms. The lowest BCUT2D eigenvalue weighted by molar-refractivity contribution is 0.173. The van der Waals surface area contributed by atoms with Gasteiger partial charge in [0.1, 0.15) is 0 Å². The molecule has 0 radical (unpaired) electrons. The molecule has 0 aliphatic carbocycles. The minimum absolute atomic E-state index is 0. The second kappa shape index (κ2) is 12.3. The summed E-state index contributed by atoms with van der Waals surface area (Å²) in [5.41, 5.74) is 1.11. The van der Waals surface area contributed by atoms with Crippen LogP contribution in [0.4, 0.5) is 0 Å². The van der Waals surface area contributed by atoms with Gasteiger partial charge in [0.15, 0.2) is 17.5 Å². The highest BCUT2D eigenvalue weighted by atomic mass is 127. The van der Waals surface area contributed by atoms with Crippen molar-refractivity contribution >= 4 is 29.9 Å². The van der Waals surface area contributed by atoms with Crippen LogP contribution in [0.15, 0.2) is 23.2 Å². The number of guanidine groups is 1. The van der Waals surface area contributed by atoms with Crippen LogP contribution in [0.1, 0.15) is 46.6 Å². The van der Waals surface area contributed by atoms with Crippen molar-refractivity contribution in [2.45, 2.75) is 59.7 Å². The molecule has 0 saturated heterocycles. The van der Waals surface area contributed by atoms with E-state index < -0.39 is 0 Å². The first kappa shape index (κ1) is 23.8. The molecule has 2 N–H and O–H groups in total. The number of nitrogens with one attached hydrogen (secondary N) is 2. The number of rotatable bonds is 9. The van der Waals surface area contributed by atoms with Crippen LogP contribution in [0.2, 0.25) is 0 Å². The van der Waals surface area contributed by atoms with E-state index in [2.05, 4.69) is 55.1 Å². The van der Waals surface area contributed by atoms with Gasteiger partial charge >= 0.3 is 0 Å². The van der Waals surface area contributed by atoms with E-state index in [1.807, 2.05) is 18.2 Å². The molecule has 0 amide bonds. The fourth-order valence-corrected chi connectivity index (χ4v) is 3.13. The molecule has 0 bridgehead atoms. The molecule has 0 unspecified atom stereocenters. The molecule has 6 nitrogen and oxygen atoms in total. The van der Waals surface area contributed by atoms with Gasteiger partial charge in [0, 0.05) is 31.7 Å². The van der Waals surface area contributed by atoms with E-state index in [0.717, 1.165) is 49.1 Å². The minimum atomic E-state index is 0. The number of fused-ring (bicyclic) bond motifs is 1. The Hall–Kier alpha value is -1.22. The highest BCUT2D eigenvalue weighted by Crippen LogP contribution is 2.32. The van der Waals surface area contributed by atoms with Crippen LogP contribution in [0.3, 0.4) is 0 Å². The first-order valence-corrected chi connectivity index (χ1v) is 9.67. The Morgan fingerprint density at radius 3 is 2.48 bits per heavy atom. The number of halogens is 1. The van der Waals surface area contributed by atoms with Crippen LogP contribution in [0, 0.1) is 0 Å². The minimum Gasteiger partial charge on any atom is -0.454 e. The first-order valence-electron chi connectivity index (χ1n) is 9.67. The maximum Gasteiger partial charge on any atom is 0.231 e. The first-order chi connectivity index (χ1) is 12.5. The average Bonchev–Trinajstić information content (AvgIpc) is 3.06. The third-order valence-corrected chi connectivity index (χ3v) is 4.41. The topological polar surface area (TPSA) is 58.1 Å². The van der Waals surface area contributed by atoms with E-state index in [1.165, 1.54) is 0 Å². The maximum atomic E-state index is 5.43. The van der Waals surface area contributed by atoms with E-state index in [0.29, 0.717) is 25.4 Å². The van der Waals surface area contributed by atoms with Crippen LogP contribution < -0.4 is 20.1 Å². The van der Waals surface area contributed by atoms with Crippen molar-refractivity contribution in [3.05, 3.63) is 23.8 Å². The van der Waals surface area contributed by atoms with Crippen LogP contribution >= 0.6 is 24.0 Å². The highest BCUT2D eigenvalue weighted by molar-refractivity contribution is 14.0. The molecule has 7 heteroatoms. The zero-order chi connectivity index (χ0) is 18.9. The number of hydrogen-bond donors (Lipinski definition) is 2. The smallest absolute Gasteiger partial charge is 0.231 e. The highest BCUT2D eigenvalue weighted by Gasteiger charge is 2.13. The largest absolute Gasteiger partial charge is 0.454 e. The number of nitrogens with zero attached hydrogens (tertiary/aromatic N) is 2. The summed E-state index contributed by atoms with van der Waals surface area (Å²) in [6.07, 6.45) is 1.09. The lowest BCUT2D eigenvalue weighted by Gasteiger charge is -2.30. The number of aliphatic imine (C=N–C) groups is 1. The Labute approximate surface area is 181 Å². The third kappa shape index (κ3) is 7.73. The standard InChI is InChI=1S/C20H34N4O2.HI/c1-6-21-20(22-10-7-11-24(15(2)3)16(4)5)23-13-17-8-9-18-19(12-17)26-14-25-18;/h8-9,12,15-16H,6-7,10-11,13-14H2,1-5H3,(H2,21,22,23);1H. The molecule has 1 aliphatic heterocycles. The number of ether oxygens (including phenoxy) is 2. The van der Waals surface area contributed by atoms with Gasteiger partial charge in [0.2, 0.25) is 6.79 Å². The molecular formula is C20H35IN4O2. The zero-order valence-corrected chi connectivity index (χ0v) is 19.6. The van der Waals surface area contributed by atoms with Crippen molar-refractivity contribution in [2.24, 2.45) is 4.99 Å². The molecule has 2 rings (SSSR count). The van der Waals surface area contributed by atoms with Gasteiger partial charge in [-0.3, -0.25) is 4.90 Å². The summed E-state index contributed by atoms with van der Waals surface area (Å²) in [6.45, 7) is 14.8. The summed E-state index contributed by atoms with van der Waals surface area (Å²) in [7, 11) is 0. The lowest BCUT2D eigenvalue weighted by Crippen LogP contribution is -2.41. The summed E-state index contributed by atoms with van der Waals surface area (Å²) >= 11 is 0. The lowest BCUT2D eigenvalue weighted by atomic mass is 10.2. The summed E-state index contributed by atoms with van der Waals surface area (Å²) in [4.78, 5) is 7.19. The molecule has 0 spiro atoms. The maximum absolute atomic E-state index is 5.43. The molecule has 1 aliphatic rings. The third-order valence-electron chi connectivity index (χ3n) is 4.41. The van der Waals surface area contributed by atoms with Crippen LogP contribution in [-0.4, -0.2) is 49.4 Å². The Morgan fingerprint density at radius 2 is 1.81 bits per heavy atom. The van der Waals surface area contributed by atoms with Crippen molar-refractivity contribution in [2.75, 3.05) is 26.4 Å². The average molecular weight is 490 g/mol. The molecule has 0 fully saturated rings. The second-order valence-electron chi connectivity index (χ2n) is 7.09. The van der Waals surface area contributed by atoms with E-state index in [4.69, 9.17) is 9.47 Å². The second-order valence-corrected chi connectivity index (χ2v) is 7.09. The van der Waals surface area contributed by atoms with Gasteiger partial charge in [0.25, 0.3) is 0 Å². The molecule has 0 saturated carbocycles. The number of hydrogen-bond acceptors (Lipinski definition) is 4. The van der Waals surface area contributed by atoms with Crippen LogP contribution in [0.5, 0.6) is 11.5 Å². The monoisotopic (exact) mass is 490 g/mol. The molecular weight excluding hydrogens is 455 g/mol. The summed E-state index contributed by atoms with van der Waals surface area (Å²) < 4.78 is 10.8. The number of benzene rings is 1. The Kier molecular flexibility index (Phi) is 10.8. The predicted octanol–water partition coefficient (Wildman–Crippen LogP) is 3.60. The van der Waals surface area contributed by atoms with Gasteiger partial charge in [-0.15, -0.1) is 24.0 Å². The summed E-state index contributed by atoms with van der Waals surface area (Å²) in [5.74, 6) is 2.46.